The van der Waals surface area contributed by atoms with Crippen molar-refractivity contribution in [2.45, 2.75) is 53.4 Å². The molecule has 4 nitrogen and oxygen atoms in total. The van der Waals surface area contributed by atoms with Crippen LogP contribution in [-0.2, 0) is 6.42 Å². The Balaban J connectivity index is 2.90. The number of aryl methyl sites for hydroxylation is 1. The van der Waals surface area contributed by atoms with E-state index in [9.17, 15) is 0 Å². The monoisotopic (exact) mass is 251 g/mol. The number of hydrogen-bond donors (Lipinski definition) is 1. The Hall–Kier alpha value is -1.32. The summed E-state index contributed by atoms with van der Waals surface area (Å²) in [6.07, 6.45) is 4.13. The molecule has 0 aromatic carbocycles. The quantitative estimate of drug-likeness (QED) is 0.720. The first-order valence-corrected chi connectivity index (χ1v) is 6.97. The summed E-state index contributed by atoms with van der Waals surface area (Å²) in [5, 5.41) is 3.27. The van der Waals surface area contributed by atoms with Crippen molar-refractivity contribution < 1.29 is 4.74 Å². The number of anilines is 1. The molecule has 1 aromatic rings. The van der Waals surface area contributed by atoms with Crippen LogP contribution in [-0.4, -0.2) is 23.1 Å². The molecule has 0 aliphatic heterocycles. The van der Waals surface area contributed by atoms with Crippen LogP contribution >= 0.6 is 0 Å². The van der Waals surface area contributed by atoms with Gasteiger partial charge in [-0.1, -0.05) is 20.3 Å². The fourth-order valence-corrected chi connectivity index (χ4v) is 1.67. The minimum absolute atomic E-state index is 0.728. The van der Waals surface area contributed by atoms with Crippen molar-refractivity contribution >= 4 is 5.82 Å². The second kappa shape index (κ2) is 7.90. The maximum Gasteiger partial charge on any atom is 0.221 e. The van der Waals surface area contributed by atoms with E-state index in [-0.39, 0.29) is 0 Å². The maximum absolute atomic E-state index is 5.76. The van der Waals surface area contributed by atoms with Crippen molar-refractivity contribution in [3.8, 4) is 5.88 Å². The molecule has 0 saturated carbocycles. The molecule has 0 saturated heterocycles. The molecule has 18 heavy (non-hydrogen) atoms. The highest BCUT2D eigenvalue weighted by Crippen LogP contribution is 2.22. The van der Waals surface area contributed by atoms with E-state index < -0.39 is 0 Å². The van der Waals surface area contributed by atoms with E-state index >= 15 is 0 Å². The van der Waals surface area contributed by atoms with Gasteiger partial charge in [0.2, 0.25) is 5.88 Å². The molecule has 0 spiro atoms. The molecule has 0 bridgehead atoms. The smallest absolute Gasteiger partial charge is 0.221 e. The van der Waals surface area contributed by atoms with Crippen molar-refractivity contribution in [1.82, 2.24) is 9.97 Å². The van der Waals surface area contributed by atoms with E-state index in [4.69, 9.17) is 4.74 Å². The summed E-state index contributed by atoms with van der Waals surface area (Å²) < 4.78 is 5.76. The summed E-state index contributed by atoms with van der Waals surface area (Å²) in [7, 11) is 0. The summed E-state index contributed by atoms with van der Waals surface area (Å²) in [4.78, 5) is 9.04. The number of ether oxygens (including phenoxy) is 1. The highest BCUT2D eigenvalue weighted by atomic mass is 16.5. The second-order valence-corrected chi connectivity index (χ2v) is 4.40. The van der Waals surface area contributed by atoms with Crippen LogP contribution in [0.2, 0.25) is 0 Å². The van der Waals surface area contributed by atoms with Crippen molar-refractivity contribution in [2.75, 3.05) is 18.5 Å². The molecule has 4 heteroatoms. The molecule has 0 fully saturated rings. The summed E-state index contributed by atoms with van der Waals surface area (Å²) in [6, 6.07) is 0. The molecule has 0 unspecified atom stereocenters. The van der Waals surface area contributed by atoms with Crippen LogP contribution in [0.1, 0.15) is 51.4 Å². The second-order valence-electron chi connectivity index (χ2n) is 4.40. The molecule has 0 aliphatic rings. The van der Waals surface area contributed by atoms with Gasteiger partial charge in [-0.2, -0.15) is 4.98 Å². The van der Waals surface area contributed by atoms with Crippen LogP contribution in [0.4, 0.5) is 5.82 Å². The van der Waals surface area contributed by atoms with E-state index in [0.717, 1.165) is 61.9 Å². The Bertz CT molecular complexity index is 366. The summed E-state index contributed by atoms with van der Waals surface area (Å²) in [6.45, 7) is 9.95. The molecule has 1 aromatic heterocycles. The number of nitrogens with one attached hydrogen (secondary N) is 1. The Morgan fingerprint density at radius 2 is 1.89 bits per heavy atom. The van der Waals surface area contributed by atoms with E-state index in [0.29, 0.717) is 0 Å². The van der Waals surface area contributed by atoms with Gasteiger partial charge in [-0.05, 0) is 26.7 Å². The normalized spacial score (nSPS) is 10.4. The van der Waals surface area contributed by atoms with Gasteiger partial charge in [0.25, 0.3) is 0 Å². The van der Waals surface area contributed by atoms with Crippen molar-refractivity contribution in [3.05, 3.63) is 11.4 Å². The van der Waals surface area contributed by atoms with E-state index in [1.165, 1.54) is 0 Å². The van der Waals surface area contributed by atoms with Crippen LogP contribution in [0.3, 0.4) is 0 Å². The van der Waals surface area contributed by atoms with Crippen LogP contribution in [0.15, 0.2) is 0 Å². The first-order chi connectivity index (χ1) is 8.72. The molecule has 1 rings (SSSR count). The van der Waals surface area contributed by atoms with Gasteiger partial charge >= 0.3 is 0 Å². The lowest BCUT2D eigenvalue weighted by Crippen LogP contribution is -2.09. The third-order valence-corrected chi connectivity index (χ3v) is 2.70. The van der Waals surface area contributed by atoms with Crippen LogP contribution < -0.4 is 10.1 Å². The fourth-order valence-electron chi connectivity index (χ4n) is 1.67. The van der Waals surface area contributed by atoms with Crippen molar-refractivity contribution in [2.24, 2.45) is 0 Å². The Morgan fingerprint density at radius 1 is 1.11 bits per heavy atom. The van der Waals surface area contributed by atoms with Crippen molar-refractivity contribution in [1.29, 1.82) is 0 Å². The Morgan fingerprint density at radius 3 is 2.50 bits per heavy atom. The lowest BCUT2D eigenvalue weighted by molar-refractivity contribution is 0.294. The Labute approximate surface area is 110 Å². The van der Waals surface area contributed by atoms with Gasteiger partial charge in [-0.3, -0.25) is 0 Å². The van der Waals surface area contributed by atoms with Gasteiger partial charge in [-0.25, -0.2) is 4.98 Å². The van der Waals surface area contributed by atoms with Crippen LogP contribution in [0, 0.1) is 6.92 Å². The summed E-state index contributed by atoms with van der Waals surface area (Å²) >= 11 is 0. The lowest BCUT2D eigenvalue weighted by Gasteiger charge is -2.13. The molecule has 102 valence electrons. The topological polar surface area (TPSA) is 47.0 Å². The number of hydrogen-bond acceptors (Lipinski definition) is 4. The van der Waals surface area contributed by atoms with E-state index in [1.807, 2.05) is 6.92 Å². The highest BCUT2D eigenvalue weighted by molar-refractivity contribution is 5.48. The average molecular weight is 251 g/mol. The first-order valence-electron chi connectivity index (χ1n) is 6.97. The average Bonchev–Trinajstić information content (AvgIpc) is 2.35. The molecular formula is C14H25N3O. The van der Waals surface area contributed by atoms with Gasteiger partial charge in [0, 0.05) is 13.0 Å². The summed E-state index contributed by atoms with van der Waals surface area (Å²) in [5.74, 6) is 2.51. The molecule has 0 radical (unpaired) electrons. The Kier molecular flexibility index (Phi) is 6.47. The van der Waals surface area contributed by atoms with Crippen LogP contribution in [0.25, 0.3) is 0 Å². The molecule has 0 aliphatic carbocycles. The lowest BCUT2D eigenvalue weighted by atomic mass is 10.2. The van der Waals surface area contributed by atoms with Gasteiger partial charge in [0.1, 0.15) is 11.6 Å². The third kappa shape index (κ3) is 4.17. The fraction of sp³-hybridized carbons (Fsp3) is 0.714. The minimum Gasteiger partial charge on any atom is -0.477 e. The molecule has 1 heterocycles. The minimum atomic E-state index is 0.728. The first kappa shape index (κ1) is 14.7. The maximum atomic E-state index is 5.76. The number of unbranched alkanes of at least 4 members (excludes halogenated alkanes) is 1. The predicted molar refractivity (Wildman–Crippen MR) is 75.3 cm³/mol. The zero-order valence-corrected chi connectivity index (χ0v) is 12.0. The zero-order valence-electron chi connectivity index (χ0n) is 12.0. The van der Waals surface area contributed by atoms with Gasteiger partial charge in [-0.15, -0.1) is 0 Å². The van der Waals surface area contributed by atoms with E-state index in [1.54, 1.807) is 0 Å². The van der Waals surface area contributed by atoms with Gasteiger partial charge < -0.3 is 10.1 Å². The van der Waals surface area contributed by atoms with Gasteiger partial charge in [0.15, 0.2) is 0 Å². The highest BCUT2D eigenvalue weighted by Gasteiger charge is 2.11. The molecule has 1 N–H and O–H groups in total. The van der Waals surface area contributed by atoms with Gasteiger partial charge in [0.05, 0.1) is 12.2 Å². The molecular weight excluding hydrogens is 226 g/mol. The molecule has 0 amide bonds. The third-order valence-electron chi connectivity index (χ3n) is 2.70. The van der Waals surface area contributed by atoms with Crippen LogP contribution in [0.5, 0.6) is 5.88 Å². The van der Waals surface area contributed by atoms with E-state index in [2.05, 4.69) is 36.1 Å². The summed E-state index contributed by atoms with van der Waals surface area (Å²) in [5.41, 5.74) is 1.01. The number of rotatable bonds is 8. The van der Waals surface area contributed by atoms with Crippen molar-refractivity contribution in [3.63, 3.8) is 0 Å². The molecule has 0 atom stereocenters. The standard InChI is InChI=1S/C14H25N3O/c1-5-8-10-18-14-11(4)13(15-7-3)16-12(17-14)9-6-2/h5-10H2,1-4H3,(H,15,16,17). The number of aromatic nitrogens is 2. The largest absolute Gasteiger partial charge is 0.477 e. The zero-order chi connectivity index (χ0) is 13.4. The SMILES string of the molecule is CCCCOc1nc(CCC)nc(NCC)c1C. The predicted octanol–water partition coefficient (Wildman–Crippen LogP) is 3.35. The number of nitrogens with zero attached hydrogens (tertiary/aromatic N) is 2.